The number of benzene rings is 1. The lowest BCUT2D eigenvalue weighted by Crippen LogP contribution is -2.44. The van der Waals surface area contributed by atoms with Crippen molar-refractivity contribution in [1.29, 1.82) is 0 Å². The van der Waals surface area contributed by atoms with Crippen molar-refractivity contribution < 1.29 is 9.59 Å². The van der Waals surface area contributed by atoms with Crippen LogP contribution in [0.5, 0.6) is 0 Å². The van der Waals surface area contributed by atoms with Crippen LogP contribution in [0, 0.1) is 5.92 Å². The highest BCUT2D eigenvalue weighted by Gasteiger charge is 2.35. The van der Waals surface area contributed by atoms with Gasteiger partial charge in [-0.05, 0) is 45.4 Å². The topological polar surface area (TPSA) is 58.2 Å². The predicted octanol–water partition coefficient (Wildman–Crippen LogP) is 3.47. The highest BCUT2D eigenvalue weighted by Crippen LogP contribution is 2.35. The molecule has 4 nitrogen and oxygen atoms in total. The zero-order valence-corrected chi connectivity index (χ0v) is 14.6. The lowest BCUT2D eigenvalue weighted by atomic mass is 9.79. The molecule has 0 bridgehead atoms. The van der Waals surface area contributed by atoms with Gasteiger partial charge in [-0.15, -0.1) is 0 Å². The molecule has 3 rings (SSSR count). The second-order valence-electron chi connectivity index (χ2n) is 7.46. The Labute approximate surface area is 143 Å². The van der Waals surface area contributed by atoms with Crippen molar-refractivity contribution in [3.8, 4) is 0 Å². The van der Waals surface area contributed by atoms with Gasteiger partial charge in [-0.25, -0.2) is 0 Å². The van der Waals surface area contributed by atoms with E-state index >= 15 is 0 Å². The van der Waals surface area contributed by atoms with Crippen LogP contribution >= 0.6 is 0 Å². The standard InChI is InChI=1S/C20H24N2O2/c1-5-12-10-15-17(11-14(12)19(24)22-20(2,3)4)21-16-9-7-6-8-13(16)18(15)23/h6-12,17,21H,5H2,1-4H3,(H,22,24). The first-order chi connectivity index (χ1) is 11.3. The Kier molecular flexibility index (Phi) is 4.08. The minimum Gasteiger partial charge on any atom is -0.374 e. The first-order valence-electron chi connectivity index (χ1n) is 8.46. The fourth-order valence-corrected chi connectivity index (χ4v) is 3.26. The van der Waals surface area contributed by atoms with Crippen LogP contribution < -0.4 is 10.6 Å². The van der Waals surface area contributed by atoms with E-state index in [-0.39, 0.29) is 29.2 Å². The monoisotopic (exact) mass is 324 g/mol. The zero-order valence-electron chi connectivity index (χ0n) is 14.6. The minimum absolute atomic E-state index is 0.0328. The average Bonchev–Trinajstić information content (AvgIpc) is 2.52. The number of para-hydroxylation sites is 1. The quantitative estimate of drug-likeness (QED) is 0.876. The molecule has 0 saturated carbocycles. The molecule has 0 aromatic heterocycles. The Morgan fingerprint density at radius 2 is 1.92 bits per heavy atom. The smallest absolute Gasteiger partial charge is 0.247 e. The van der Waals surface area contributed by atoms with Gasteiger partial charge in [-0.3, -0.25) is 9.59 Å². The Bertz CT molecular complexity index is 753. The number of hydrogen-bond acceptors (Lipinski definition) is 3. The fraction of sp³-hybridized carbons (Fsp3) is 0.400. The molecule has 1 aromatic rings. The number of Topliss-reactive ketones (excluding diaryl/α,β-unsaturated/α-hetero) is 1. The normalized spacial score (nSPS) is 22.6. The number of allylic oxidation sites excluding steroid dienone is 1. The van der Waals surface area contributed by atoms with Crippen LogP contribution in [-0.2, 0) is 4.79 Å². The Balaban J connectivity index is 1.97. The molecule has 0 spiro atoms. The van der Waals surface area contributed by atoms with Crippen LogP contribution in [0.25, 0.3) is 0 Å². The molecular formula is C20H24N2O2. The Morgan fingerprint density at radius 1 is 1.21 bits per heavy atom. The first-order valence-corrected chi connectivity index (χ1v) is 8.46. The van der Waals surface area contributed by atoms with Gasteiger partial charge in [0.05, 0.1) is 6.04 Å². The number of rotatable bonds is 2. The van der Waals surface area contributed by atoms with E-state index in [2.05, 4.69) is 10.6 Å². The number of fused-ring (bicyclic) bond motifs is 2. The molecule has 2 atom stereocenters. The van der Waals surface area contributed by atoms with E-state index in [0.717, 1.165) is 23.3 Å². The molecular weight excluding hydrogens is 300 g/mol. The number of hydrogen-bond donors (Lipinski definition) is 2. The first kappa shape index (κ1) is 16.5. The van der Waals surface area contributed by atoms with Crippen molar-refractivity contribution in [3.63, 3.8) is 0 Å². The molecule has 1 amide bonds. The molecule has 1 aliphatic carbocycles. The summed E-state index contributed by atoms with van der Waals surface area (Å²) in [5, 5.41) is 6.41. The summed E-state index contributed by atoms with van der Waals surface area (Å²) < 4.78 is 0. The molecule has 24 heavy (non-hydrogen) atoms. The third kappa shape index (κ3) is 3.01. The molecule has 1 heterocycles. The van der Waals surface area contributed by atoms with Crippen molar-refractivity contribution in [3.05, 3.63) is 53.1 Å². The number of amides is 1. The highest BCUT2D eigenvalue weighted by molar-refractivity contribution is 6.16. The van der Waals surface area contributed by atoms with Crippen molar-refractivity contribution in [1.82, 2.24) is 5.32 Å². The molecule has 126 valence electrons. The summed E-state index contributed by atoms with van der Waals surface area (Å²) in [6.07, 6.45) is 4.67. The van der Waals surface area contributed by atoms with E-state index in [0.29, 0.717) is 5.56 Å². The van der Waals surface area contributed by atoms with Crippen LogP contribution in [0.3, 0.4) is 0 Å². The molecule has 0 saturated heterocycles. The van der Waals surface area contributed by atoms with E-state index in [9.17, 15) is 9.59 Å². The van der Waals surface area contributed by atoms with E-state index in [1.807, 2.05) is 64.1 Å². The summed E-state index contributed by atoms with van der Waals surface area (Å²) in [6, 6.07) is 7.28. The molecule has 1 aromatic carbocycles. The zero-order chi connectivity index (χ0) is 17.5. The largest absolute Gasteiger partial charge is 0.374 e. The van der Waals surface area contributed by atoms with E-state index in [1.54, 1.807) is 0 Å². The van der Waals surface area contributed by atoms with E-state index in [1.165, 1.54) is 0 Å². The van der Waals surface area contributed by atoms with Gasteiger partial charge in [0.15, 0.2) is 5.78 Å². The number of carbonyl (C=O) groups excluding carboxylic acids is 2. The number of carbonyl (C=O) groups is 2. The van der Waals surface area contributed by atoms with Gasteiger partial charge in [0.1, 0.15) is 0 Å². The fourth-order valence-electron chi connectivity index (χ4n) is 3.26. The number of nitrogens with one attached hydrogen (secondary N) is 2. The summed E-state index contributed by atoms with van der Waals surface area (Å²) in [6.45, 7) is 7.94. The maximum Gasteiger partial charge on any atom is 0.247 e. The summed E-state index contributed by atoms with van der Waals surface area (Å²) in [5.74, 6) is -0.0355. The molecule has 1 aliphatic heterocycles. The van der Waals surface area contributed by atoms with Gasteiger partial charge in [-0.1, -0.05) is 25.1 Å². The molecule has 2 N–H and O–H groups in total. The Hall–Kier alpha value is -2.36. The van der Waals surface area contributed by atoms with Gasteiger partial charge >= 0.3 is 0 Å². The van der Waals surface area contributed by atoms with Crippen LogP contribution in [0.15, 0.2) is 47.6 Å². The van der Waals surface area contributed by atoms with Crippen molar-refractivity contribution in [2.45, 2.75) is 45.7 Å². The Morgan fingerprint density at radius 3 is 2.58 bits per heavy atom. The maximum absolute atomic E-state index is 12.8. The maximum atomic E-state index is 12.8. The summed E-state index contributed by atoms with van der Waals surface area (Å²) in [5.41, 5.74) is 2.72. The molecule has 4 heteroatoms. The summed E-state index contributed by atoms with van der Waals surface area (Å²) >= 11 is 0. The highest BCUT2D eigenvalue weighted by atomic mass is 16.2. The van der Waals surface area contributed by atoms with E-state index in [4.69, 9.17) is 0 Å². The molecule has 0 radical (unpaired) electrons. The van der Waals surface area contributed by atoms with Gasteiger partial charge in [-0.2, -0.15) is 0 Å². The second kappa shape index (κ2) is 5.93. The third-order valence-electron chi connectivity index (χ3n) is 4.40. The van der Waals surface area contributed by atoms with Gasteiger partial charge < -0.3 is 10.6 Å². The van der Waals surface area contributed by atoms with Crippen LogP contribution in [0.1, 0.15) is 44.5 Å². The minimum atomic E-state index is -0.289. The lowest BCUT2D eigenvalue weighted by Gasteiger charge is -2.33. The lowest BCUT2D eigenvalue weighted by molar-refractivity contribution is -0.119. The molecule has 0 fully saturated rings. The predicted molar refractivity (Wildman–Crippen MR) is 96.0 cm³/mol. The van der Waals surface area contributed by atoms with Gasteiger partial charge in [0.25, 0.3) is 0 Å². The SMILES string of the molecule is CCC1C=C2C(=O)c3ccccc3NC2C=C1C(=O)NC(C)(C)C. The van der Waals surface area contributed by atoms with Crippen LogP contribution in [0.4, 0.5) is 5.69 Å². The van der Waals surface area contributed by atoms with Crippen LogP contribution in [-0.4, -0.2) is 23.3 Å². The average molecular weight is 324 g/mol. The number of anilines is 1. The number of ketones is 1. The molecule has 2 aliphatic rings. The summed E-state index contributed by atoms with van der Waals surface area (Å²) in [4.78, 5) is 25.4. The van der Waals surface area contributed by atoms with Crippen molar-refractivity contribution in [2.75, 3.05) is 5.32 Å². The second-order valence-corrected chi connectivity index (χ2v) is 7.46. The van der Waals surface area contributed by atoms with Crippen molar-refractivity contribution >= 4 is 17.4 Å². The van der Waals surface area contributed by atoms with Crippen molar-refractivity contribution in [2.24, 2.45) is 5.92 Å². The van der Waals surface area contributed by atoms with Gasteiger partial charge in [0, 0.05) is 33.9 Å². The summed E-state index contributed by atoms with van der Waals surface area (Å²) in [7, 11) is 0. The van der Waals surface area contributed by atoms with Gasteiger partial charge in [0.2, 0.25) is 5.91 Å². The van der Waals surface area contributed by atoms with E-state index < -0.39 is 0 Å². The van der Waals surface area contributed by atoms with Crippen LogP contribution in [0.2, 0.25) is 0 Å². The molecule has 2 unspecified atom stereocenters. The third-order valence-corrected chi connectivity index (χ3v) is 4.40.